The average molecular weight is 426 g/mol. The van der Waals surface area contributed by atoms with Crippen molar-refractivity contribution in [3.8, 4) is 5.75 Å². The molecule has 1 atom stereocenters. The first-order valence-electron chi connectivity index (χ1n) is 8.63. The van der Waals surface area contributed by atoms with Crippen LogP contribution in [0.1, 0.15) is 27.5 Å². The van der Waals surface area contributed by atoms with Crippen LogP contribution in [0, 0.1) is 0 Å². The summed E-state index contributed by atoms with van der Waals surface area (Å²) in [6.45, 7) is 1.91. The van der Waals surface area contributed by atoms with Gasteiger partial charge in [0.2, 0.25) is 10.0 Å². The van der Waals surface area contributed by atoms with E-state index in [1.165, 1.54) is 0 Å². The van der Waals surface area contributed by atoms with E-state index in [0.717, 1.165) is 11.3 Å². The number of para-hydroxylation sites is 1. The number of hydrogen-bond donors (Lipinski definition) is 2. The lowest BCUT2D eigenvalue weighted by atomic mass is 10.0. The zero-order valence-corrected chi connectivity index (χ0v) is 17.1. The van der Waals surface area contributed by atoms with Crippen molar-refractivity contribution in [2.24, 2.45) is 5.14 Å². The number of nitrogens with one attached hydrogen (secondary N) is 1. The normalized spacial score (nSPS) is 16.9. The molecule has 0 aromatic heterocycles. The van der Waals surface area contributed by atoms with Crippen LogP contribution >= 0.6 is 12.4 Å². The second-order valence-corrected chi connectivity index (χ2v) is 8.08. The largest absolute Gasteiger partial charge is 0.496 e. The summed E-state index contributed by atoms with van der Waals surface area (Å²) in [6.07, 6.45) is 0. The molecule has 1 saturated heterocycles. The van der Waals surface area contributed by atoms with Crippen LogP contribution in [0.5, 0.6) is 5.75 Å². The molecule has 0 spiro atoms. The van der Waals surface area contributed by atoms with Gasteiger partial charge in [-0.15, -0.1) is 12.4 Å². The molecule has 0 saturated carbocycles. The number of nitrogens with two attached hydrogens (primary N) is 1. The van der Waals surface area contributed by atoms with E-state index in [4.69, 9.17) is 9.88 Å². The van der Waals surface area contributed by atoms with Gasteiger partial charge in [0.15, 0.2) is 0 Å². The van der Waals surface area contributed by atoms with Gasteiger partial charge in [0.1, 0.15) is 5.75 Å². The maximum absolute atomic E-state index is 13.1. The second-order valence-electron chi connectivity index (χ2n) is 6.46. The predicted molar refractivity (Wildman–Crippen MR) is 110 cm³/mol. The van der Waals surface area contributed by atoms with E-state index in [0.29, 0.717) is 30.8 Å². The van der Waals surface area contributed by atoms with Crippen molar-refractivity contribution in [1.82, 2.24) is 10.2 Å². The summed E-state index contributed by atoms with van der Waals surface area (Å²) in [5, 5.41) is 8.40. The Balaban J connectivity index is 0.00000280. The van der Waals surface area contributed by atoms with Crippen molar-refractivity contribution in [1.29, 1.82) is 0 Å². The third kappa shape index (κ3) is 5.23. The summed E-state index contributed by atoms with van der Waals surface area (Å²) in [6, 6.07) is 14.1. The van der Waals surface area contributed by atoms with Crippen LogP contribution in [0.25, 0.3) is 0 Å². The van der Waals surface area contributed by atoms with Crippen LogP contribution in [0.2, 0.25) is 0 Å². The van der Waals surface area contributed by atoms with Crippen molar-refractivity contribution in [2.75, 3.05) is 26.7 Å². The van der Waals surface area contributed by atoms with E-state index < -0.39 is 10.0 Å². The molecule has 2 aromatic carbocycles. The highest BCUT2D eigenvalue weighted by atomic mass is 35.5. The molecule has 28 heavy (non-hydrogen) atoms. The predicted octanol–water partition coefficient (Wildman–Crippen LogP) is 1.69. The molecule has 1 aliphatic rings. The summed E-state index contributed by atoms with van der Waals surface area (Å²) < 4.78 is 27.9. The number of benzene rings is 2. The van der Waals surface area contributed by atoms with Crippen LogP contribution in [-0.4, -0.2) is 46.0 Å². The number of sulfonamides is 1. The summed E-state index contributed by atoms with van der Waals surface area (Å²) in [5.41, 5.74) is 2.01. The molecule has 1 heterocycles. The molecule has 2 aromatic rings. The highest BCUT2D eigenvalue weighted by Gasteiger charge is 2.30. The van der Waals surface area contributed by atoms with Gasteiger partial charge in [-0.1, -0.05) is 30.3 Å². The zero-order chi connectivity index (χ0) is 19.4. The fourth-order valence-corrected chi connectivity index (χ4v) is 3.97. The molecule has 152 valence electrons. The maximum atomic E-state index is 13.1. The van der Waals surface area contributed by atoms with Crippen molar-refractivity contribution >= 4 is 28.3 Å². The van der Waals surface area contributed by atoms with Gasteiger partial charge in [-0.3, -0.25) is 4.79 Å². The molecule has 3 rings (SSSR count). The van der Waals surface area contributed by atoms with Crippen LogP contribution in [0.15, 0.2) is 48.5 Å². The number of primary sulfonamides is 1. The molecule has 1 aliphatic heterocycles. The minimum atomic E-state index is -3.60. The standard InChI is InChI=1S/C19H23N3O4S.ClH/c1-26-18-5-3-2-4-16(18)17-12-21-10-11-22(17)19(23)15-8-6-14(7-9-15)13-27(20,24)25;/h2-9,17,21H,10-13H2,1H3,(H2,20,24,25);1H. The van der Waals surface area contributed by atoms with Gasteiger partial charge in [0.25, 0.3) is 5.91 Å². The first kappa shape index (κ1) is 22.2. The molecule has 3 N–H and O–H groups in total. The molecule has 7 nitrogen and oxygen atoms in total. The van der Waals surface area contributed by atoms with E-state index in [-0.39, 0.29) is 30.1 Å². The van der Waals surface area contributed by atoms with Crippen molar-refractivity contribution in [3.63, 3.8) is 0 Å². The number of carbonyl (C=O) groups excluding carboxylic acids is 1. The van der Waals surface area contributed by atoms with E-state index in [2.05, 4.69) is 5.32 Å². The molecule has 0 radical (unpaired) electrons. The number of rotatable bonds is 5. The number of halogens is 1. The number of piperazine rings is 1. The van der Waals surface area contributed by atoms with Gasteiger partial charge in [0.05, 0.1) is 18.9 Å². The van der Waals surface area contributed by atoms with Gasteiger partial charge in [0, 0.05) is 30.8 Å². The first-order valence-corrected chi connectivity index (χ1v) is 10.3. The fraction of sp³-hybridized carbons (Fsp3) is 0.316. The van der Waals surface area contributed by atoms with E-state index in [1.54, 1.807) is 31.4 Å². The summed E-state index contributed by atoms with van der Waals surface area (Å²) in [7, 11) is -1.98. The smallest absolute Gasteiger partial charge is 0.254 e. The van der Waals surface area contributed by atoms with Crippen LogP contribution in [0.3, 0.4) is 0 Å². The molecule has 0 aliphatic carbocycles. The Hall–Kier alpha value is -2.13. The minimum absolute atomic E-state index is 0. The topological polar surface area (TPSA) is 102 Å². The van der Waals surface area contributed by atoms with E-state index >= 15 is 0 Å². The Kier molecular flexibility index (Phi) is 7.42. The number of methoxy groups -OCH3 is 1. The van der Waals surface area contributed by atoms with Crippen LogP contribution < -0.4 is 15.2 Å². The monoisotopic (exact) mass is 425 g/mol. The highest BCUT2D eigenvalue weighted by molar-refractivity contribution is 7.88. The second kappa shape index (κ2) is 9.38. The maximum Gasteiger partial charge on any atom is 0.254 e. The lowest BCUT2D eigenvalue weighted by Crippen LogP contribution is -2.48. The van der Waals surface area contributed by atoms with Crippen molar-refractivity contribution < 1.29 is 17.9 Å². The van der Waals surface area contributed by atoms with Gasteiger partial charge < -0.3 is 15.0 Å². The first-order chi connectivity index (χ1) is 12.9. The molecule has 9 heteroatoms. The Morgan fingerprint density at radius 2 is 1.89 bits per heavy atom. The highest BCUT2D eigenvalue weighted by Crippen LogP contribution is 2.31. The fourth-order valence-electron chi connectivity index (χ4n) is 3.31. The third-order valence-corrected chi connectivity index (χ3v) is 5.31. The SMILES string of the molecule is COc1ccccc1C1CNCCN1C(=O)c1ccc(CS(N)(=O)=O)cc1.Cl. The molecule has 1 fully saturated rings. The lowest BCUT2D eigenvalue weighted by Gasteiger charge is -2.37. The molecule has 1 unspecified atom stereocenters. The van der Waals surface area contributed by atoms with Gasteiger partial charge in [-0.05, 0) is 23.8 Å². The van der Waals surface area contributed by atoms with Gasteiger partial charge in [-0.2, -0.15) is 0 Å². The van der Waals surface area contributed by atoms with Gasteiger partial charge >= 0.3 is 0 Å². The summed E-state index contributed by atoms with van der Waals surface area (Å²) in [4.78, 5) is 14.9. The van der Waals surface area contributed by atoms with E-state index in [1.807, 2.05) is 29.2 Å². The average Bonchev–Trinajstić information content (AvgIpc) is 2.67. The number of amides is 1. The third-order valence-electron chi connectivity index (χ3n) is 4.57. The number of ether oxygens (including phenoxy) is 1. The summed E-state index contributed by atoms with van der Waals surface area (Å²) >= 11 is 0. The number of hydrogen-bond acceptors (Lipinski definition) is 5. The quantitative estimate of drug-likeness (QED) is 0.759. The zero-order valence-electron chi connectivity index (χ0n) is 15.5. The Morgan fingerprint density at radius 1 is 1.21 bits per heavy atom. The Labute approximate surface area is 171 Å². The molecule has 1 amide bonds. The van der Waals surface area contributed by atoms with Crippen molar-refractivity contribution in [2.45, 2.75) is 11.8 Å². The van der Waals surface area contributed by atoms with Crippen LogP contribution in [0.4, 0.5) is 0 Å². The molecular formula is C19H24ClN3O4S. The van der Waals surface area contributed by atoms with E-state index in [9.17, 15) is 13.2 Å². The van der Waals surface area contributed by atoms with Gasteiger partial charge in [-0.25, -0.2) is 13.6 Å². The number of nitrogens with zero attached hydrogens (tertiary/aromatic N) is 1. The Morgan fingerprint density at radius 3 is 2.54 bits per heavy atom. The minimum Gasteiger partial charge on any atom is -0.496 e. The lowest BCUT2D eigenvalue weighted by molar-refractivity contribution is 0.0631. The summed E-state index contributed by atoms with van der Waals surface area (Å²) in [5.74, 6) is 0.390. The Bertz CT molecular complexity index is 919. The molecular weight excluding hydrogens is 402 g/mol. The van der Waals surface area contributed by atoms with Crippen LogP contribution in [-0.2, 0) is 15.8 Å². The molecule has 0 bridgehead atoms. The number of carbonyl (C=O) groups is 1. The van der Waals surface area contributed by atoms with Crippen molar-refractivity contribution in [3.05, 3.63) is 65.2 Å².